The van der Waals surface area contributed by atoms with Gasteiger partial charge >= 0.3 is 0 Å². The number of anilines is 1. The lowest BCUT2D eigenvalue weighted by molar-refractivity contribution is -0.132. The summed E-state index contributed by atoms with van der Waals surface area (Å²) in [5.74, 6) is 0.578. The Morgan fingerprint density at radius 3 is 2.63 bits per heavy atom. The molecule has 0 unspecified atom stereocenters. The van der Waals surface area contributed by atoms with Crippen molar-refractivity contribution in [2.45, 2.75) is 31.6 Å². The summed E-state index contributed by atoms with van der Waals surface area (Å²) in [6.07, 6.45) is 5.49. The van der Waals surface area contributed by atoms with Gasteiger partial charge in [-0.3, -0.25) is 9.89 Å². The molecule has 0 aliphatic carbocycles. The van der Waals surface area contributed by atoms with Crippen LogP contribution in [0, 0.1) is 0 Å². The third kappa shape index (κ3) is 4.73. The molecule has 0 spiro atoms. The van der Waals surface area contributed by atoms with Crippen LogP contribution in [0.4, 0.5) is 5.69 Å². The van der Waals surface area contributed by atoms with Gasteiger partial charge in [-0.1, -0.05) is 48.5 Å². The molecular weight excluding hydrogens is 372 g/mol. The van der Waals surface area contributed by atoms with Crippen molar-refractivity contribution in [3.05, 3.63) is 72.6 Å². The molecule has 1 N–H and O–H groups in total. The van der Waals surface area contributed by atoms with Crippen LogP contribution in [-0.2, 0) is 4.79 Å². The summed E-state index contributed by atoms with van der Waals surface area (Å²) in [4.78, 5) is 17.1. The van der Waals surface area contributed by atoms with E-state index in [1.165, 1.54) is 11.3 Å². The highest BCUT2D eigenvalue weighted by molar-refractivity contribution is 5.76. The third-order valence-corrected chi connectivity index (χ3v) is 6.02. The Labute approximate surface area is 178 Å². The van der Waals surface area contributed by atoms with Crippen LogP contribution in [0.15, 0.2) is 66.9 Å². The van der Waals surface area contributed by atoms with Crippen molar-refractivity contribution in [3.8, 4) is 11.1 Å². The van der Waals surface area contributed by atoms with Gasteiger partial charge in [0, 0.05) is 56.0 Å². The number of carbonyl (C=O) groups is 1. The van der Waals surface area contributed by atoms with Crippen LogP contribution in [0.25, 0.3) is 11.1 Å². The summed E-state index contributed by atoms with van der Waals surface area (Å²) in [6.45, 7) is 2.51. The molecule has 1 atom stereocenters. The Kier molecular flexibility index (Phi) is 6.47. The Morgan fingerprint density at radius 2 is 1.87 bits per heavy atom. The van der Waals surface area contributed by atoms with Crippen LogP contribution in [-0.4, -0.2) is 47.7 Å². The first-order valence-corrected chi connectivity index (χ1v) is 10.8. The molecule has 5 nitrogen and oxygen atoms in total. The number of benzene rings is 2. The molecule has 2 aromatic carbocycles. The minimum absolute atomic E-state index is 0.266. The number of rotatable bonds is 7. The van der Waals surface area contributed by atoms with Crippen LogP contribution in [0.3, 0.4) is 0 Å². The number of nitrogens with zero attached hydrogens (tertiary/aromatic N) is 3. The zero-order valence-electron chi connectivity index (χ0n) is 17.6. The summed E-state index contributed by atoms with van der Waals surface area (Å²) >= 11 is 0. The van der Waals surface area contributed by atoms with Gasteiger partial charge in [-0.05, 0) is 37.0 Å². The number of likely N-dealkylation sites (tertiary alicyclic amines) is 1. The number of aromatic nitrogens is 2. The van der Waals surface area contributed by atoms with Crippen molar-refractivity contribution >= 4 is 11.6 Å². The number of amides is 1. The number of para-hydroxylation sites is 1. The van der Waals surface area contributed by atoms with Crippen LogP contribution in [0.5, 0.6) is 0 Å². The number of carbonyl (C=O) groups excluding carboxylic acids is 1. The maximum atomic E-state index is 12.9. The van der Waals surface area contributed by atoms with Crippen LogP contribution in [0.1, 0.15) is 37.3 Å². The normalized spacial score (nSPS) is 16.4. The van der Waals surface area contributed by atoms with Gasteiger partial charge in [0.25, 0.3) is 0 Å². The highest BCUT2D eigenvalue weighted by atomic mass is 16.2. The Balaban J connectivity index is 1.33. The second-order valence-corrected chi connectivity index (χ2v) is 8.10. The van der Waals surface area contributed by atoms with Crippen molar-refractivity contribution in [3.63, 3.8) is 0 Å². The van der Waals surface area contributed by atoms with E-state index in [1.807, 2.05) is 35.4 Å². The predicted octanol–water partition coefficient (Wildman–Crippen LogP) is 4.70. The molecule has 2 heterocycles. The first-order valence-electron chi connectivity index (χ1n) is 10.8. The van der Waals surface area contributed by atoms with Gasteiger partial charge < -0.3 is 9.80 Å². The molecule has 30 heavy (non-hydrogen) atoms. The fourth-order valence-electron chi connectivity index (χ4n) is 4.33. The Hall–Kier alpha value is -3.08. The molecule has 5 heteroatoms. The fourth-order valence-corrected chi connectivity index (χ4v) is 4.33. The molecule has 4 rings (SSSR count). The largest absolute Gasteiger partial charge is 0.375 e. The minimum atomic E-state index is 0.266. The maximum Gasteiger partial charge on any atom is 0.222 e. The quantitative estimate of drug-likeness (QED) is 0.623. The molecule has 1 aliphatic rings. The van der Waals surface area contributed by atoms with Crippen LogP contribution >= 0.6 is 0 Å². The van der Waals surface area contributed by atoms with Crippen LogP contribution < -0.4 is 4.90 Å². The summed E-state index contributed by atoms with van der Waals surface area (Å²) in [5, 5.41) is 7.52. The molecule has 1 saturated heterocycles. The van der Waals surface area contributed by atoms with Gasteiger partial charge in [-0.15, -0.1) is 0 Å². The molecule has 0 saturated carbocycles. The van der Waals surface area contributed by atoms with Crippen molar-refractivity contribution in [1.82, 2.24) is 15.1 Å². The molecule has 0 bridgehead atoms. The van der Waals surface area contributed by atoms with Gasteiger partial charge in [0.15, 0.2) is 0 Å². The summed E-state index contributed by atoms with van der Waals surface area (Å²) in [7, 11) is 2.08. The molecule has 1 amide bonds. The highest BCUT2D eigenvalue weighted by Gasteiger charge is 2.27. The molecule has 0 radical (unpaired) electrons. The molecule has 3 aromatic rings. The first kappa shape index (κ1) is 20.2. The van der Waals surface area contributed by atoms with E-state index in [9.17, 15) is 4.79 Å². The molecule has 1 fully saturated rings. The topological polar surface area (TPSA) is 52.2 Å². The van der Waals surface area contributed by atoms with Gasteiger partial charge in [-0.2, -0.15) is 5.10 Å². The number of H-pyrrole nitrogens is 1. The monoisotopic (exact) mass is 402 g/mol. The molecule has 156 valence electrons. The van der Waals surface area contributed by atoms with E-state index in [2.05, 4.69) is 58.5 Å². The summed E-state index contributed by atoms with van der Waals surface area (Å²) < 4.78 is 0. The average molecular weight is 403 g/mol. The number of nitrogens with one attached hydrogen (secondary N) is 1. The zero-order chi connectivity index (χ0) is 20.8. The van der Waals surface area contributed by atoms with Crippen molar-refractivity contribution < 1.29 is 4.79 Å². The van der Waals surface area contributed by atoms with E-state index in [0.29, 0.717) is 12.3 Å². The van der Waals surface area contributed by atoms with Crippen molar-refractivity contribution in [2.75, 3.05) is 31.6 Å². The lowest BCUT2D eigenvalue weighted by Crippen LogP contribution is -2.39. The van der Waals surface area contributed by atoms with Crippen molar-refractivity contribution in [2.24, 2.45) is 0 Å². The number of hydrogen-bond acceptors (Lipinski definition) is 3. The number of aromatic amines is 1. The summed E-state index contributed by atoms with van der Waals surface area (Å²) in [5.41, 5.74) is 4.67. The molecule has 1 aromatic heterocycles. The minimum Gasteiger partial charge on any atom is -0.375 e. The Bertz CT molecular complexity index is 938. The van der Waals surface area contributed by atoms with Crippen molar-refractivity contribution in [1.29, 1.82) is 0 Å². The molecular formula is C25H30N4O. The first-order chi connectivity index (χ1) is 14.7. The fraction of sp³-hybridized carbons (Fsp3) is 0.360. The van der Waals surface area contributed by atoms with Gasteiger partial charge in [-0.25, -0.2) is 0 Å². The number of hydrogen-bond donors (Lipinski definition) is 1. The number of piperidine rings is 1. The lowest BCUT2D eigenvalue weighted by atomic mass is 9.90. The average Bonchev–Trinajstić information content (AvgIpc) is 3.30. The SMILES string of the molecule is CN(CCCC(=O)N1CCC[C@H](c2[nH]ncc2-c2ccccc2)C1)c1ccccc1. The van der Waals surface area contributed by atoms with Gasteiger partial charge in [0.05, 0.1) is 6.20 Å². The smallest absolute Gasteiger partial charge is 0.222 e. The van der Waals surface area contributed by atoms with E-state index < -0.39 is 0 Å². The second-order valence-electron chi connectivity index (χ2n) is 8.10. The van der Waals surface area contributed by atoms with E-state index in [1.54, 1.807) is 0 Å². The maximum absolute atomic E-state index is 12.9. The summed E-state index contributed by atoms with van der Waals surface area (Å²) in [6, 6.07) is 20.7. The zero-order valence-corrected chi connectivity index (χ0v) is 17.6. The van der Waals surface area contributed by atoms with E-state index in [4.69, 9.17) is 0 Å². The van der Waals surface area contributed by atoms with E-state index in [0.717, 1.165) is 50.2 Å². The lowest BCUT2D eigenvalue weighted by Gasteiger charge is -2.33. The van der Waals surface area contributed by atoms with E-state index in [-0.39, 0.29) is 5.91 Å². The third-order valence-electron chi connectivity index (χ3n) is 6.02. The predicted molar refractivity (Wildman–Crippen MR) is 122 cm³/mol. The van der Waals surface area contributed by atoms with Gasteiger partial charge in [0.1, 0.15) is 0 Å². The highest BCUT2D eigenvalue weighted by Crippen LogP contribution is 2.33. The molecule has 1 aliphatic heterocycles. The van der Waals surface area contributed by atoms with Crippen LogP contribution in [0.2, 0.25) is 0 Å². The van der Waals surface area contributed by atoms with E-state index >= 15 is 0 Å². The standard InChI is InChI=1S/C25H30N4O/c1-28(22-13-6-3-7-14-22)16-9-15-24(30)29-17-8-12-21(19-29)25-23(18-26-27-25)20-10-4-2-5-11-20/h2-7,10-11,13-14,18,21H,8-9,12,15-17,19H2,1H3,(H,26,27)/t21-/m0/s1. The second kappa shape index (κ2) is 9.61. The van der Waals surface area contributed by atoms with Gasteiger partial charge in [0.2, 0.25) is 5.91 Å². The Morgan fingerprint density at radius 1 is 1.13 bits per heavy atom.